The number of amides is 1. The van der Waals surface area contributed by atoms with Gasteiger partial charge in [0.15, 0.2) is 11.5 Å². The van der Waals surface area contributed by atoms with Crippen molar-refractivity contribution < 1.29 is 14.4 Å². The molecule has 6 nitrogen and oxygen atoms in total. The first kappa shape index (κ1) is 20.4. The number of para-hydroxylation sites is 2. The molecule has 0 bridgehead atoms. The van der Waals surface area contributed by atoms with Crippen molar-refractivity contribution in [2.75, 3.05) is 16.9 Å². The Bertz CT molecular complexity index is 1360. The fourth-order valence-corrected chi connectivity index (χ4v) is 4.91. The first-order valence-corrected chi connectivity index (χ1v) is 11.4. The maximum atomic E-state index is 13.4. The van der Waals surface area contributed by atoms with E-state index in [9.17, 15) is 9.59 Å². The largest absolute Gasteiger partial charge is 0.375 e. The van der Waals surface area contributed by atoms with E-state index in [4.69, 9.17) is 4.84 Å². The van der Waals surface area contributed by atoms with E-state index >= 15 is 0 Å². The minimum atomic E-state index is -0.443. The van der Waals surface area contributed by atoms with Gasteiger partial charge in [-0.2, -0.15) is 5.06 Å². The van der Waals surface area contributed by atoms with Crippen molar-refractivity contribution in [2.24, 2.45) is 0 Å². The molecule has 1 atom stereocenters. The quantitative estimate of drug-likeness (QED) is 0.583. The standard InChI is InChI=1S/C28H23N3O3/c32-24-14-13-22-21-10-4-5-11-23(21)31(34-25-12-6-7-18-17-29-16-15-20(18)25)27(22)26(24)28(33)30-19-8-2-1-3-9-19/h1-14,22,29H,15-17H2,(H,30,33). The third-order valence-corrected chi connectivity index (χ3v) is 6.49. The SMILES string of the molecule is O=C1C=CC2C(=C1C(=O)Nc1ccccc1)N(Oc1cccc3c1CCNC3)c1ccccc12. The van der Waals surface area contributed by atoms with Crippen LogP contribution in [-0.4, -0.2) is 18.2 Å². The highest BCUT2D eigenvalue weighted by atomic mass is 16.7. The van der Waals surface area contributed by atoms with Crippen molar-refractivity contribution in [3.8, 4) is 5.75 Å². The van der Waals surface area contributed by atoms with Crippen LogP contribution in [0.2, 0.25) is 0 Å². The summed E-state index contributed by atoms with van der Waals surface area (Å²) in [6, 6.07) is 23.0. The molecule has 2 heterocycles. The van der Waals surface area contributed by atoms with E-state index < -0.39 is 5.91 Å². The normalized spacial score (nSPS) is 18.3. The van der Waals surface area contributed by atoms with Crippen molar-refractivity contribution in [1.82, 2.24) is 5.32 Å². The maximum Gasteiger partial charge on any atom is 0.261 e. The van der Waals surface area contributed by atoms with Gasteiger partial charge in [-0.3, -0.25) is 9.59 Å². The van der Waals surface area contributed by atoms with E-state index in [1.165, 1.54) is 11.6 Å². The minimum Gasteiger partial charge on any atom is -0.375 e. The van der Waals surface area contributed by atoms with Crippen molar-refractivity contribution in [2.45, 2.75) is 18.9 Å². The predicted octanol–water partition coefficient (Wildman–Crippen LogP) is 4.26. The summed E-state index contributed by atoms with van der Waals surface area (Å²) in [5.41, 5.74) is 5.45. The number of fused-ring (bicyclic) bond motifs is 4. The van der Waals surface area contributed by atoms with Gasteiger partial charge in [0, 0.05) is 23.7 Å². The Balaban J connectivity index is 1.46. The molecule has 168 valence electrons. The van der Waals surface area contributed by atoms with E-state index in [0.717, 1.165) is 42.1 Å². The summed E-state index contributed by atoms with van der Waals surface area (Å²) >= 11 is 0. The number of anilines is 2. The van der Waals surface area contributed by atoms with E-state index in [1.807, 2.05) is 60.7 Å². The van der Waals surface area contributed by atoms with Crippen LogP contribution in [0.4, 0.5) is 11.4 Å². The molecule has 2 aliphatic heterocycles. The lowest BCUT2D eigenvalue weighted by atomic mass is 9.89. The molecule has 3 aromatic rings. The van der Waals surface area contributed by atoms with Gasteiger partial charge in [0.25, 0.3) is 5.91 Å². The molecule has 0 saturated heterocycles. The van der Waals surface area contributed by atoms with Gasteiger partial charge in [-0.25, -0.2) is 0 Å². The van der Waals surface area contributed by atoms with Crippen LogP contribution in [0.3, 0.4) is 0 Å². The first-order valence-electron chi connectivity index (χ1n) is 11.4. The number of nitrogens with one attached hydrogen (secondary N) is 2. The Labute approximate surface area is 197 Å². The second-order valence-electron chi connectivity index (χ2n) is 8.55. The molecule has 1 amide bonds. The van der Waals surface area contributed by atoms with Crippen LogP contribution in [0.25, 0.3) is 0 Å². The van der Waals surface area contributed by atoms with Crippen LogP contribution in [0, 0.1) is 0 Å². The van der Waals surface area contributed by atoms with Crippen LogP contribution in [0.5, 0.6) is 5.75 Å². The minimum absolute atomic E-state index is 0.0963. The molecule has 0 spiro atoms. The van der Waals surface area contributed by atoms with Gasteiger partial charge < -0.3 is 15.5 Å². The topological polar surface area (TPSA) is 70.7 Å². The summed E-state index contributed by atoms with van der Waals surface area (Å²) in [5, 5.41) is 7.94. The zero-order valence-corrected chi connectivity index (χ0v) is 18.5. The predicted molar refractivity (Wildman–Crippen MR) is 130 cm³/mol. The summed E-state index contributed by atoms with van der Waals surface area (Å²) in [6.07, 6.45) is 4.19. The number of hydroxylamine groups is 1. The number of rotatable bonds is 4. The molecule has 6 rings (SSSR count). The average Bonchev–Trinajstić information content (AvgIpc) is 3.18. The first-order chi connectivity index (χ1) is 16.7. The summed E-state index contributed by atoms with van der Waals surface area (Å²) in [6.45, 7) is 1.67. The highest BCUT2D eigenvalue weighted by Crippen LogP contribution is 2.48. The number of hydrogen-bond acceptors (Lipinski definition) is 5. The van der Waals surface area contributed by atoms with Gasteiger partial charge in [-0.1, -0.05) is 54.6 Å². The molecule has 0 aromatic heterocycles. The average molecular weight is 450 g/mol. The molecule has 6 heteroatoms. The zero-order valence-electron chi connectivity index (χ0n) is 18.5. The lowest BCUT2D eigenvalue weighted by molar-refractivity contribution is -0.118. The fourth-order valence-electron chi connectivity index (χ4n) is 4.91. The van der Waals surface area contributed by atoms with Crippen LogP contribution in [0.1, 0.15) is 22.6 Å². The highest BCUT2D eigenvalue weighted by Gasteiger charge is 2.42. The van der Waals surface area contributed by atoms with E-state index in [-0.39, 0.29) is 17.3 Å². The maximum absolute atomic E-state index is 13.4. The van der Waals surface area contributed by atoms with Crippen molar-refractivity contribution >= 4 is 23.1 Å². The number of allylic oxidation sites excluding steroid dienone is 2. The molecule has 0 saturated carbocycles. The number of carbonyl (C=O) groups excluding carboxylic acids is 2. The van der Waals surface area contributed by atoms with Crippen LogP contribution >= 0.6 is 0 Å². The van der Waals surface area contributed by atoms with Gasteiger partial charge in [0.2, 0.25) is 0 Å². The number of carbonyl (C=O) groups is 2. The van der Waals surface area contributed by atoms with Gasteiger partial charge in [-0.05, 0) is 54.4 Å². The van der Waals surface area contributed by atoms with Crippen LogP contribution < -0.4 is 20.5 Å². The lowest BCUT2D eigenvalue weighted by Gasteiger charge is -2.28. The lowest BCUT2D eigenvalue weighted by Crippen LogP contribution is -2.33. The van der Waals surface area contributed by atoms with Gasteiger partial charge >= 0.3 is 0 Å². The second kappa shape index (κ2) is 8.32. The Morgan fingerprint density at radius 2 is 1.82 bits per heavy atom. The highest BCUT2D eigenvalue weighted by molar-refractivity contribution is 6.28. The fraction of sp³-hybridized carbons (Fsp3) is 0.143. The zero-order chi connectivity index (χ0) is 23.1. The van der Waals surface area contributed by atoms with Crippen LogP contribution in [0.15, 0.2) is 96.2 Å². The summed E-state index contributed by atoms with van der Waals surface area (Å²) in [5.74, 6) is -0.278. The van der Waals surface area contributed by atoms with Gasteiger partial charge in [-0.15, -0.1) is 0 Å². The van der Waals surface area contributed by atoms with E-state index in [0.29, 0.717) is 11.4 Å². The third-order valence-electron chi connectivity index (χ3n) is 6.49. The van der Waals surface area contributed by atoms with Gasteiger partial charge in [0.05, 0.1) is 11.4 Å². The molecule has 1 aliphatic carbocycles. The van der Waals surface area contributed by atoms with E-state index in [2.05, 4.69) is 16.7 Å². The Morgan fingerprint density at radius 3 is 2.71 bits per heavy atom. The Kier molecular flexibility index (Phi) is 5.00. The monoisotopic (exact) mass is 449 g/mol. The van der Waals surface area contributed by atoms with Crippen molar-refractivity contribution in [3.63, 3.8) is 0 Å². The smallest absolute Gasteiger partial charge is 0.261 e. The number of ketones is 1. The summed E-state index contributed by atoms with van der Waals surface area (Å²) in [7, 11) is 0. The Morgan fingerprint density at radius 1 is 1.00 bits per heavy atom. The van der Waals surface area contributed by atoms with Gasteiger partial charge in [0.1, 0.15) is 5.57 Å². The van der Waals surface area contributed by atoms with Crippen LogP contribution in [-0.2, 0) is 22.6 Å². The summed E-state index contributed by atoms with van der Waals surface area (Å²) in [4.78, 5) is 33.0. The number of nitrogens with zero attached hydrogens (tertiary/aromatic N) is 1. The van der Waals surface area contributed by atoms with Crippen molar-refractivity contribution in [1.29, 1.82) is 0 Å². The molecule has 0 fully saturated rings. The molecule has 1 unspecified atom stereocenters. The molecule has 3 aromatic carbocycles. The number of hydrogen-bond donors (Lipinski definition) is 2. The molecular weight excluding hydrogens is 426 g/mol. The molecule has 0 radical (unpaired) electrons. The molecule has 2 N–H and O–H groups in total. The van der Waals surface area contributed by atoms with Crippen molar-refractivity contribution in [3.05, 3.63) is 113 Å². The molecular formula is C28H23N3O3. The number of benzene rings is 3. The molecule has 34 heavy (non-hydrogen) atoms. The van der Waals surface area contributed by atoms with E-state index in [1.54, 1.807) is 17.2 Å². The Hall–Kier alpha value is -4.16. The summed E-state index contributed by atoms with van der Waals surface area (Å²) < 4.78 is 0. The molecule has 3 aliphatic rings. The third kappa shape index (κ3) is 3.40. The second-order valence-corrected chi connectivity index (χ2v) is 8.55.